The Morgan fingerprint density at radius 2 is 1.87 bits per heavy atom. The molecule has 0 unspecified atom stereocenters. The summed E-state index contributed by atoms with van der Waals surface area (Å²) in [7, 11) is 0. The van der Waals surface area contributed by atoms with Gasteiger partial charge >= 0.3 is 0 Å². The second-order valence-corrected chi connectivity index (χ2v) is 3.18. The minimum Gasteiger partial charge on any atom is -0.339 e. The molecule has 0 bridgehead atoms. The fourth-order valence-corrected chi connectivity index (χ4v) is 1.48. The van der Waals surface area contributed by atoms with E-state index < -0.39 is 0 Å². The van der Waals surface area contributed by atoms with Crippen LogP contribution in [-0.2, 0) is 0 Å². The van der Waals surface area contributed by atoms with E-state index in [1.807, 2.05) is 13.8 Å². The van der Waals surface area contributed by atoms with E-state index >= 15 is 0 Å². The van der Waals surface area contributed by atoms with Gasteiger partial charge in [-0.05, 0) is 19.9 Å². The summed E-state index contributed by atoms with van der Waals surface area (Å²) in [6.45, 7) is 5.15. The molecular formula is C12H15NO2. The molecule has 0 heterocycles. The summed E-state index contributed by atoms with van der Waals surface area (Å²) < 4.78 is 0. The van der Waals surface area contributed by atoms with Gasteiger partial charge in [-0.15, -0.1) is 0 Å². The monoisotopic (exact) mass is 205 g/mol. The zero-order chi connectivity index (χ0) is 11.3. The van der Waals surface area contributed by atoms with Crippen molar-refractivity contribution in [2.75, 3.05) is 13.1 Å². The van der Waals surface area contributed by atoms with Crippen molar-refractivity contribution in [2.45, 2.75) is 13.8 Å². The number of benzene rings is 1. The van der Waals surface area contributed by atoms with Crippen molar-refractivity contribution in [2.24, 2.45) is 0 Å². The van der Waals surface area contributed by atoms with Crippen LogP contribution in [0.5, 0.6) is 0 Å². The molecule has 80 valence electrons. The van der Waals surface area contributed by atoms with E-state index in [-0.39, 0.29) is 5.91 Å². The van der Waals surface area contributed by atoms with Gasteiger partial charge in [0, 0.05) is 18.7 Å². The van der Waals surface area contributed by atoms with Gasteiger partial charge in [0.05, 0.1) is 5.56 Å². The Morgan fingerprint density at radius 1 is 1.27 bits per heavy atom. The fourth-order valence-electron chi connectivity index (χ4n) is 1.48. The quantitative estimate of drug-likeness (QED) is 0.705. The normalized spacial score (nSPS) is 9.73. The number of carbonyl (C=O) groups is 2. The van der Waals surface area contributed by atoms with Crippen molar-refractivity contribution in [1.29, 1.82) is 0 Å². The summed E-state index contributed by atoms with van der Waals surface area (Å²) in [6.07, 6.45) is 0.719. The van der Waals surface area contributed by atoms with E-state index in [4.69, 9.17) is 0 Å². The van der Waals surface area contributed by atoms with Crippen LogP contribution in [0.3, 0.4) is 0 Å². The van der Waals surface area contributed by atoms with Crippen LogP contribution in [0.4, 0.5) is 0 Å². The standard InChI is InChI=1S/C12H15NO2/c1-3-13(4-2)12(15)11-8-6-5-7-10(11)9-14/h5-9H,3-4H2,1-2H3. The van der Waals surface area contributed by atoms with E-state index in [1.54, 1.807) is 29.2 Å². The molecule has 0 atom stereocenters. The molecule has 1 rings (SSSR count). The summed E-state index contributed by atoms with van der Waals surface area (Å²) in [5.41, 5.74) is 0.936. The number of aldehydes is 1. The van der Waals surface area contributed by atoms with Gasteiger partial charge in [0.1, 0.15) is 0 Å². The molecule has 1 amide bonds. The van der Waals surface area contributed by atoms with E-state index in [0.29, 0.717) is 24.2 Å². The molecule has 0 fully saturated rings. The van der Waals surface area contributed by atoms with E-state index in [1.165, 1.54) is 0 Å². The number of rotatable bonds is 4. The average molecular weight is 205 g/mol. The van der Waals surface area contributed by atoms with Gasteiger partial charge in [-0.25, -0.2) is 0 Å². The summed E-state index contributed by atoms with van der Waals surface area (Å²) >= 11 is 0. The number of hydrogen-bond donors (Lipinski definition) is 0. The average Bonchev–Trinajstić information content (AvgIpc) is 2.30. The van der Waals surface area contributed by atoms with E-state index in [2.05, 4.69) is 0 Å². The van der Waals surface area contributed by atoms with Gasteiger partial charge < -0.3 is 4.90 Å². The lowest BCUT2D eigenvalue weighted by molar-refractivity contribution is 0.0770. The molecule has 1 aromatic rings. The molecule has 0 aliphatic carbocycles. The number of nitrogens with zero attached hydrogens (tertiary/aromatic N) is 1. The first-order valence-electron chi connectivity index (χ1n) is 5.08. The van der Waals surface area contributed by atoms with Crippen molar-refractivity contribution in [1.82, 2.24) is 4.90 Å². The summed E-state index contributed by atoms with van der Waals surface area (Å²) in [5, 5.41) is 0. The van der Waals surface area contributed by atoms with Crippen LogP contribution >= 0.6 is 0 Å². The van der Waals surface area contributed by atoms with Gasteiger partial charge in [-0.2, -0.15) is 0 Å². The lowest BCUT2D eigenvalue weighted by Crippen LogP contribution is -2.31. The SMILES string of the molecule is CCN(CC)C(=O)c1ccccc1C=O. The maximum atomic E-state index is 12.0. The smallest absolute Gasteiger partial charge is 0.254 e. The van der Waals surface area contributed by atoms with Crippen molar-refractivity contribution < 1.29 is 9.59 Å². The van der Waals surface area contributed by atoms with E-state index in [9.17, 15) is 9.59 Å². The maximum Gasteiger partial charge on any atom is 0.254 e. The van der Waals surface area contributed by atoms with Crippen molar-refractivity contribution in [3.8, 4) is 0 Å². The number of hydrogen-bond acceptors (Lipinski definition) is 2. The molecule has 15 heavy (non-hydrogen) atoms. The summed E-state index contributed by atoms with van der Waals surface area (Å²) in [6, 6.07) is 6.86. The van der Waals surface area contributed by atoms with Gasteiger partial charge in [0.25, 0.3) is 5.91 Å². The second-order valence-electron chi connectivity index (χ2n) is 3.18. The first-order chi connectivity index (χ1) is 7.24. The van der Waals surface area contributed by atoms with Crippen LogP contribution in [0.25, 0.3) is 0 Å². The third-order valence-electron chi connectivity index (χ3n) is 2.37. The molecule has 3 heteroatoms. The Bertz CT molecular complexity index is 356. The Morgan fingerprint density at radius 3 is 2.40 bits per heavy atom. The Kier molecular flexibility index (Phi) is 4.03. The second kappa shape index (κ2) is 5.29. The van der Waals surface area contributed by atoms with Crippen LogP contribution in [0.15, 0.2) is 24.3 Å². The maximum absolute atomic E-state index is 12.0. The lowest BCUT2D eigenvalue weighted by atomic mass is 10.1. The van der Waals surface area contributed by atoms with Crippen LogP contribution in [0.1, 0.15) is 34.6 Å². The Labute approximate surface area is 89.7 Å². The van der Waals surface area contributed by atoms with Crippen molar-refractivity contribution >= 4 is 12.2 Å². The topological polar surface area (TPSA) is 37.4 Å². The minimum atomic E-state index is -0.0808. The molecule has 0 saturated heterocycles. The molecule has 0 radical (unpaired) electrons. The van der Waals surface area contributed by atoms with Crippen LogP contribution in [-0.4, -0.2) is 30.2 Å². The molecule has 0 aliphatic rings. The predicted octanol–water partition coefficient (Wildman–Crippen LogP) is 1.98. The Hall–Kier alpha value is -1.64. The molecule has 0 spiro atoms. The zero-order valence-corrected chi connectivity index (χ0v) is 9.06. The molecule has 3 nitrogen and oxygen atoms in total. The number of carbonyl (C=O) groups excluding carboxylic acids is 2. The third kappa shape index (κ3) is 2.43. The Balaban J connectivity index is 3.04. The minimum absolute atomic E-state index is 0.0808. The molecule has 0 aromatic heterocycles. The van der Waals surface area contributed by atoms with Gasteiger partial charge in [-0.1, -0.05) is 18.2 Å². The highest BCUT2D eigenvalue weighted by atomic mass is 16.2. The molecule has 0 N–H and O–H groups in total. The van der Waals surface area contributed by atoms with Crippen molar-refractivity contribution in [3.05, 3.63) is 35.4 Å². The highest BCUT2D eigenvalue weighted by Crippen LogP contribution is 2.09. The summed E-state index contributed by atoms with van der Waals surface area (Å²) in [5.74, 6) is -0.0808. The van der Waals surface area contributed by atoms with Crippen LogP contribution in [0, 0.1) is 0 Å². The zero-order valence-electron chi connectivity index (χ0n) is 9.06. The lowest BCUT2D eigenvalue weighted by Gasteiger charge is -2.19. The molecule has 0 aliphatic heterocycles. The van der Waals surface area contributed by atoms with Crippen LogP contribution < -0.4 is 0 Å². The first-order valence-corrected chi connectivity index (χ1v) is 5.08. The van der Waals surface area contributed by atoms with Gasteiger partial charge in [0.2, 0.25) is 0 Å². The van der Waals surface area contributed by atoms with Gasteiger partial charge in [-0.3, -0.25) is 9.59 Å². The summed E-state index contributed by atoms with van der Waals surface area (Å²) in [4.78, 5) is 24.4. The first kappa shape index (κ1) is 11.4. The fraction of sp³-hybridized carbons (Fsp3) is 0.333. The molecular weight excluding hydrogens is 190 g/mol. The molecule has 1 aromatic carbocycles. The highest BCUT2D eigenvalue weighted by Gasteiger charge is 2.15. The largest absolute Gasteiger partial charge is 0.339 e. The van der Waals surface area contributed by atoms with Crippen LogP contribution in [0.2, 0.25) is 0 Å². The number of amides is 1. The van der Waals surface area contributed by atoms with E-state index in [0.717, 1.165) is 6.29 Å². The predicted molar refractivity (Wildman–Crippen MR) is 59.1 cm³/mol. The van der Waals surface area contributed by atoms with Crippen molar-refractivity contribution in [3.63, 3.8) is 0 Å². The highest BCUT2D eigenvalue weighted by molar-refractivity contribution is 6.01. The van der Waals surface area contributed by atoms with Gasteiger partial charge in [0.15, 0.2) is 6.29 Å². The third-order valence-corrected chi connectivity index (χ3v) is 2.37. The molecule has 0 saturated carbocycles.